The molecule has 1 aliphatic rings. The van der Waals surface area contributed by atoms with Gasteiger partial charge in [-0.1, -0.05) is 0 Å². The van der Waals surface area contributed by atoms with Gasteiger partial charge in [0.05, 0.1) is 12.1 Å². The molecule has 0 spiro atoms. The van der Waals surface area contributed by atoms with Gasteiger partial charge in [-0.05, 0) is 49.9 Å². The van der Waals surface area contributed by atoms with Gasteiger partial charge in [-0.3, -0.25) is 4.99 Å². The Morgan fingerprint density at radius 2 is 1.92 bits per heavy atom. The van der Waals surface area contributed by atoms with Gasteiger partial charge >= 0.3 is 6.18 Å². The van der Waals surface area contributed by atoms with Crippen LogP contribution in [-0.2, 0) is 6.18 Å². The van der Waals surface area contributed by atoms with Crippen LogP contribution in [0.4, 0.5) is 13.2 Å². The van der Waals surface area contributed by atoms with Gasteiger partial charge in [-0.15, -0.1) is 24.0 Å². The summed E-state index contributed by atoms with van der Waals surface area (Å²) in [6.07, 6.45) is -2.76. The highest BCUT2D eigenvalue weighted by atomic mass is 127. The number of nitrogens with zero attached hydrogens (tertiary/aromatic N) is 1. The highest BCUT2D eigenvalue weighted by Gasteiger charge is 2.30. The lowest BCUT2D eigenvalue weighted by molar-refractivity contribution is -0.137. The lowest BCUT2D eigenvalue weighted by Crippen LogP contribution is -2.39. The first kappa shape index (κ1) is 22.8. The monoisotopic (exact) mass is 487 g/mol. The topological polar surface area (TPSA) is 65.9 Å². The third kappa shape index (κ3) is 8.43. The zero-order chi connectivity index (χ0) is 18.3. The van der Waals surface area contributed by atoms with Crippen molar-refractivity contribution in [1.29, 1.82) is 0 Å². The molecule has 0 heterocycles. The fourth-order valence-electron chi connectivity index (χ4n) is 2.09. The average molecular weight is 487 g/mol. The Bertz CT molecular complexity index is 563. The molecule has 1 fully saturated rings. The molecule has 1 aromatic rings. The molecule has 3 N–H and O–H groups in total. The van der Waals surface area contributed by atoms with Gasteiger partial charge in [0, 0.05) is 13.1 Å². The lowest BCUT2D eigenvalue weighted by atomic mass is 10.2. The lowest BCUT2D eigenvalue weighted by Gasteiger charge is -2.14. The van der Waals surface area contributed by atoms with E-state index in [1.807, 2.05) is 6.92 Å². The number of aliphatic hydroxyl groups is 1. The summed E-state index contributed by atoms with van der Waals surface area (Å²) < 4.78 is 42.8. The number of aliphatic imine (C=N–C) groups is 1. The van der Waals surface area contributed by atoms with E-state index >= 15 is 0 Å². The van der Waals surface area contributed by atoms with E-state index in [2.05, 4.69) is 15.6 Å². The van der Waals surface area contributed by atoms with E-state index in [0.717, 1.165) is 18.7 Å². The van der Waals surface area contributed by atoms with Crippen molar-refractivity contribution >= 4 is 29.9 Å². The third-order valence-corrected chi connectivity index (χ3v) is 3.68. The second-order valence-corrected chi connectivity index (χ2v) is 6.03. The first-order valence-corrected chi connectivity index (χ1v) is 8.38. The predicted molar refractivity (Wildman–Crippen MR) is 105 cm³/mol. The van der Waals surface area contributed by atoms with Crippen LogP contribution in [0.25, 0.3) is 0 Å². The van der Waals surface area contributed by atoms with E-state index in [-0.39, 0.29) is 42.9 Å². The van der Waals surface area contributed by atoms with Gasteiger partial charge in [0.25, 0.3) is 0 Å². The summed E-state index contributed by atoms with van der Waals surface area (Å²) in [6.45, 7) is 3.63. The van der Waals surface area contributed by atoms with E-state index in [4.69, 9.17) is 4.74 Å². The van der Waals surface area contributed by atoms with Gasteiger partial charge < -0.3 is 20.5 Å². The molecule has 0 aliphatic heterocycles. The molecule has 0 radical (unpaired) electrons. The van der Waals surface area contributed by atoms with Crippen LogP contribution >= 0.6 is 24.0 Å². The minimum Gasteiger partial charge on any atom is -0.491 e. The first-order chi connectivity index (χ1) is 11.9. The maximum Gasteiger partial charge on any atom is 0.416 e. The average Bonchev–Trinajstić information content (AvgIpc) is 3.39. The highest BCUT2D eigenvalue weighted by molar-refractivity contribution is 14.0. The highest BCUT2D eigenvalue weighted by Crippen LogP contribution is 2.30. The van der Waals surface area contributed by atoms with Crippen LogP contribution in [0.2, 0.25) is 0 Å². The van der Waals surface area contributed by atoms with Crippen LogP contribution in [0, 0.1) is 5.92 Å². The number of ether oxygens (including phenoxy) is 1. The van der Waals surface area contributed by atoms with E-state index in [1.54, 1.807) is 0 Å². The molecule has 9 heteroatoms. The van der Waals surface area contributed by atoms with Crippen LogP contribution in [0.5, 0.6) is 5.75 Å². The summed E-state index contributed by atoms with van der Waals surface area (Å²) >= 11 is 0. The van der Waals surface area contributed by atoms with Crippen molar-refractivity contribution in [3.8, 4) is 5.75 Å². The predicted octanol–water partition coefficient (Wildman–Crippen LogP) is 3.03. The largest absolute Gasteiger partial charge is 0.491 e. The fraction of sp³-hybridized carbons (Fsp3) is 0.588. The normalized spacial score (nSPS) is 15.8. The maximum absolute atomic E-state index is 12.5. The van der Waals surface area contributed by atoms with Crippen molar-refractivity contribution in [1.82, 2.24) is 10.6 Å². The number of halogens is 4. The second-order valence-electron chi connectivity index (χ2n) is 6.03. The Morgan fingerprint density at radius 3 is 2.46 bits per heavy atom. The van der Waals surface area contributed by atoms with Gasteiger partial charge in [-0.2, -0.15) is 13.2 Å². The number of benzene rings is 1. The van der Waals surface area contributed by atoms with E-state index in [9.17, 15) is 18.3 Å². The molecule has 26 heavy (non-hydrogen) atoms. The Hall–Kier alpha value is -1.23. The van der Waals surface area contributed by atoms with Crippen LogP contribution in [0.15, 0.2) is 29.3 Å². The molecule has 1 atom stereocenters. The Morgan fingerprint density at radius 1 is 1.27 bits per heavy atom. The molecule has 148 valence electrons. The second kappa shape index (κ2) is 10.8. The van der Waals surface area contributed by atoms with Crippen LogP contribution in [0.1, 0.15) is 25.3 Å². The van der Waals surface area contributed by atoms with Gasteiger partial charge in [0.15, 0.2) is 5.96 Å². The fourth-order valence-corrected chi connectivity index (χ4v) is 2.09. The van der Waals surface area contributed by atoms with E-state index in [1.165, 1.54) is 25.0 Å². The number of nitrogens with one attached hydrogen (secondary N) is 2. The molecule has 1 aromatic carbocycles. The molecule has 5 nitrogen and oxygen atoms in total. The molecule has 1 aliphatic carbocycles. The molecule has 1 saturated carbocycles. The summed E-state index contributed by atoms with van der Waals surface area (Å²) in [6, 6.07) is 4.37. The number of alkyl halides is 3. The number of rotatable bonds is 8. The zero-order valence-corrected chi connectivity index (χ0v) is 16.9. The number of hydrogen-bond donors (Lipinski definition) is 3. The standard InChI is InChI=1S/C17H24F3N3O2.HI/c1-2-21-16(22-9-12-3-4-12)23-10-14(24)11-25-15-7-5-13(6-8-15)17(18,19)20;/h5-8,12,14,24H,2-4,9-11H2,1H3,(H2,21,22,23);1H. The summed E-state index contributed by atoms with van der Waals surface area (Å²) in [7, 11) is 0. The Balaban J connectivity index is 0.00000338. The Kier molecular flexibility index (Phi) is 9.48. The summed E-state index contributed by atoms with van der Waals surface area (Å²) in [4.78, 5) is 4.29. The molecular weight excluding hydrogens is 462 g/mol. The first-order valence-electron chi connectivity index (χ1n) is 8.38. The summed E-state index contributed by atoms with van der Waals surface area (Å²) in [5, 5.41) is 16.2. The van der Waals surface area contributed by atoms with Gasteiger partial charge in [-0.25, -0.2) is 0 Å². The van der Waals surface area contributed by atoms with Crippen molar-refractivity contribution in [2.24, 2.45) is 10.9 Å². The third-order valence-electron chi connectivity index (χ3n) is 3.68. The number of aliphatic hydroxyl groups excluding tert-OH is 1. The minimum absolute atomic E-state index is 0. The number of guanidine groups is 1. The molecule has 0 bridgehead atoms. The van der Waals surface area contributed by atoms with Crippen LogP contribution in [-0.4, -0.2) is 43.4 Å². The molecule has 0 aromatic heterocycles. The Labute approximate surface area is 168 Å². The van der Waals surface area contributed by atoms with E-state index < -0.39 is 17.8 Å². The smallest absolute Gasteiger partial charge is 0.416 e. The SMILES string of the molecule is CCNC(=NCC(O)COc1ccc(C(F)(F)F)cc1)NCC1CC1.I. The molecular formula is C17H25F3IN3O2. The molecule has 1 unspecified atom stereocenters. The van der Waals surface area contributed by atoms with Crippen molar-refractivity contribution < 1.29 is 23.0 Å². The zero-order valence-electron chi connectivity index (χ0n) is 14.6. The van der Waals surface area contributed by atoms with E-state index in [0.29, 0.717) is 18.4 Å². The van der Waals surface area contributed by atoms with Crippen molar-refractivity contribution in [3.63, 3.8) is 0 Å². The maximum atomic E-state index is 12.5. The molecule has 0 amide bonds. The van der Waals surface area contributed by atoms with Crippen molar-refractivity contribution in [2.75, 3.05) is 26.2 Å². The van der Waals surface area contributed by atoms with Gasteiger partial charge in [0.2, 0.25) is 0 Å². The van der Waals surface area contributed by atoms with Crippen LogP contribution < -0.4 is 15.4 Å². The van der Waals surface area contributed by atoms with Crippen molar-refractivity contribution in [2.45, 2.75) is 32.0 Å². The molecule has 2 rings (SSSR count). The number of hydrogen-bond acceptors (Lipinski definition) is 3. The van der Waals surface area contributed by atoms with Crippen molar-refractivity contribution in [3.05, 3.63) is 29.8 Å². The van der Waals surface area contributed by atoms with Crippen LogP contribution in [0.3, 0.4) is 0 Å². The van der Waals surface area contributed by atoms with Gasteiger partial charge in [0.1, 0.15) is 18.5 Å². The molecule has 0 saturated heterocycles. The summed E-state index contributed by atoms with van der Waals surface area (Å²) in [5.41, 5.74) is -0.734. The minimum atomic E-state index is -4.37. The quantitative estimate of drug-likeness (QED) is 0.300. The summed E-state index contributed by atoms with van der Waals surface area (Å²) in [5.74, 6) is 1.62.